The molecule has 13 heavy (non-hydrogen) atoms. The first-order valence-electron chi connectivity index (χ1n) is 4.16. The van der Waals surface area contributed by atoms with Crippen LogP contribution in [-0.4, -0.2) is 28.5 Å². The zero-order valence-corrected chi connectivity index (χ0v) is 7.60. The number of primary amides is 1. The van der Waals surface area contributed by atoms with E-state index >= 15 is 0 Å². The molecule has 1 heterocycles. The molecule has 1 rings (SSSR count). The second-order valence-corrected chi connectivity index (χ2v) is 2.83. The highest BCUT2D eigenvalue weighted by atomic mass is 16.1. The largest absolute Gasteiger partial charge is 0.368 e. The fourth-order valence-electron chi connectivity index (χ4n) is 1.13. The summed E-state index contributed by atoms with van der Waals surface area (Å²) < 4.78 is 1.91. The molecule has 5 nitrogen and oxygen atoms in total. The van der Waals surface area contributed by atoms with Gasteiger partial charge in [-0.2, -0.15) is 0 Å². The Morgan fingerprint density at radius 3 is 3.00 bits per heavy atom. The van der Waals surface area contributed by atoms with Gasteiger partial charge >= 0.3 is 0 Å². The highest BCUT2D eigenvalue weighted by molar-refractivity contribution is 5.79. The van der Waals surface area contributed by atoms with Crippen molar-refractivity contribution in [3.8, 4) is 0 Å². The summed E-state index contributed by atoms with van der Waals surface area (Å²) in [6.07, 6.45) is 5.96. The summed E-state index contributed by atoms with van der Waals surface area (Å²) in [7, 11) is 1.73. The molecule has 1 atom stereocenters. The molecule has 5 heteroatoms. The summed E-state index contributed by atoms with van der Waals surface area (Å²) >= 11 is 0. The predicted octanol–water partition coefficient (Wildman–Crippen LogP) is -0.654. The van der Waals surface area contributed by atoms with Crippen molar-refractivity contribution < 1.29 is 4.79 Å². The topological polar surface area (TPSA) is 72.9 Å². The van der Waals surface area contributed by atoms with Crippen LogP contribution in [-0.2, 0) is 11.3 Å². The van der Waals surface area contributed by atoms with Crippen LogP contribution in [0.25, 0.3) is 0 Å². The second kappa shape index (κ2) is 4.61. The van der Waals surface area contributed by atoms with Gasteiger partial charge in [0.1, 0.15) is 0 Å². The third-order valence-electron chi connectivity index (χ3n) is 1.93. The van der Waals surface area contributed by atoms with Crippen molar-refractivity contribution in [1.82, 2.24) is 14.9 Å². The Morgan fingerprint density at radius 1 is 1.77 bits per heavy atom. The van der Waals surface area contributed by atoms with E-state index in [0.717, 1.165) is 6.54 Å². The molecule has 0 saturated heterocycles. The number of imidazole rings is 1. The molecule has 72 valence electrons. The van der Waals surface area contributed by atoms with Crippen molar-refractivity contribution in [2.75, 3.05) is 7.05 Å². The number of nitrogens with two attached hydrogens (primary N) is 1. The van der Waals surface area contributed by atoms with Crippen LogP contribution in [0.1, 0.15) is 6.42 Å². The molecule has 1 amide bonds. The summed E-state index contributed by atoms with van der Waals surface area (Å²) in [5.74, 6) is -0.317. The van der Waals surface area contributed by atoms with E-state index in [1.807, 2.05) is 10.8 Å². The maximum absolute atomic E-state index is 10.8. The van der Waals surface area contributed by atoms with Crippen molar-refractivity contribution in [2.24, 2.45) is 5.73 Å². The van der Waals surface area contributed by atoms with E-state index in [2.05, 4.69) is 10.3 Å². The molecular formula is C8H14N4O. The standard InChI is InChI=1S/C8H14N4O/c1-10-7(8(9)13)2-4-12-5-3-11-6-12/h3,5-7,10H,2,4H2,1H3,(H2,9,13). The molecule has 0 bridgehead atoms. The fraction of sp³-hybridized carbons (Fsp3) is 0.500. The maximum Gasteiger partial charge on any atom is 0.234 e. The Morgan fingerprint density at radius 2 is 2.54 bits per heavy atom. The Kier molecular flexibility index (Phi) is 3.45. The van der Waals surface area contributed by atoms with Crippen LogP contribution in [0.4, 0.5) is 0 Å². The number of carbonyl (C=O) groups is 1. The quantitative estimate of drug-likeness (QED) is 0.635. The number of hydrogen-bond donors (Lipinski definition) is 2. The average Bonchev–Trinajstić information content (AvgIpc) is 2.57. The third-order valence-corrected chi connectivity index (χ3v) is 1.93. The van der Waals surface area contributed by atoms with Gasteiger partial charge in [0.05, 0.1) is 12.4 Å². The van der Waals surface area contributed by atoms with Gasteiger partial charge in [0.15, 0.2) is 0 Å². The van der Waals surface area contributed by atoms with Crippen LogP contribution >= 0.6 is 0 Å². The van der Waals surface area contributed by atoms with Crippen LogP contribution in [0.5, 0.6) is 0 Å². The van der Waals surface area contributed by atoms with E-state index in [9.17, 15) is 4.79 Å². The van der Waals surface area contributed by atoms with E-state index in [1.165, 1.54) is 0 Å². The molecule has 3 N–H and O–H groups in total. The molecular weight excluding hydrogens is 168 g/mol. The Labute approximate surface area is 76.9 Å². The molecule has 0 saturated carbocycles. The Balaban J connectivity index is 2.36. The number of nitrogens with one attached hydrogen (secondary N) is 1. The molecule has 1 unspecified atom stereocenters. The highest BCUT2D eigenvalue weighted by Crippen LogP contribution is 1.95. The van der Waals surface area contributed by atoms with Crippen molar-refractivity contribution in [3.63, 3.8) is 0 Å². The van der Waals surface area contributed by atoms with Gasteiger partial charge in [0.25, 0.3) is 0 Å². The van der Waals surface area contributed by atoms with Crippen LogP contribution in [0.3, 0.4) is 0 Å². The number of likely N-dealkylation sites (N-methyl/N-ethyl adjacent to an activating group) is 1. The van der Waals surface area contributed by atoms with Gasteiger partial charge < -0.3 is 15.6 Å². The number of carbonyl (C=O) groups excluding carboxylic acids is 1. The van der Waals surface area contributed by atoms with E-state index < -0.39 is 0 Å². The van der Waals surface area contributed by atoms with Crippen molar-refractivity contribution in [2.45, 2.75) is 19.0 Å². The van der Waals surface area contributed by atoms with Gasteiger partial charge in [0, 0.05) is 18.9 Å². The lowest BCUT2D eigenvalue weighted by molar-refractivity contribution is -0.120. The SMILES string of the molecule is CNC(CCn1ccnc1)C(N)=O. The number of aromatic nitrogens is 2. The lowest BCUT2D eigenvalue weighted by Gasteiger charge is -2.11. The van der Waals surface area contributed by atoms with Gasteiger partial charge in [-0.15, -0.1) is 0 Å². The number of aryl methyl sites for hydroxylation is 1. The smallest absolute Gasteiger partial charge is 0.234 e. The van der Waals surface area contributed by atoms with Gasteiger partial charge in [0.2, 0.25) is 5.91 Å². The number of amides is 1. The molecule has 1 aromatic heterocycles. The number of rotatable bonds is 5. The van der Waals surface area contributed by atoms with Gasteiger partial charge in [-0.3, -0.25) is 4.79 Å². The van der Waals surface area contributed by atoms with Crippen LogP contribution in [0.15, 0.2) is 18.7 Å². The van der Waals surface area contributed by atoms with Gasteiger partial charge in [-0.1, -0.05) is 0 Å². The molecule has 0 aliphatic rings. The summed E-state index contributed by atoms with van der Waals surface area (Å²) in [6.45, 7) is 0.744. The zero-order chi connectivity index (χ0) is 9.68. The lowest BCUT2D eigenvalue weighted by atomic mass is 10.2. The van der Waals surface area contributed by atoms with E-state index in [0.29, 0.717) is 6.42 Å². The molecule has 0 spiro atoms. The first-order valence-corrected chi connectivity index (χ1v) is 4.16. The predicted molar refractivity (Wildman–Crippen MR) is 48.9 cm³/mol. The lowest BCUT2D eigenvalue weighted by Crippen LogP contribution is -2.39. The molecule has 1 aromatic rings. The molecule has 0 aliphatic carbocycles. The van der Waals surface area contributed by atoms with E-state index in [1.54, 1.807) is 19.6 Å². The Bertz CT molecular complexity index is 257. The minimum atomic E-state index is -0.317. The number of nitrogens with zero attached hydrogens (tertiary/aromatic N) is 2. The zero-order valence-electron chi connectivity index (χ0n) is 7.60. The normalized spacial score (nSPS) is 12.7. The minimum absolute atomic E-state index is 0.262. The first-order chi connectivity index (χ1) is 6.24. The van der Waals surface area contributed by atoms with Crippen LogP contribution in [0.2, 0.25) is 0 Å². The van der Waals surface area contributed by atoms with E-state index in [4.69, 9.17) is 5.73 Å². The second-order valence-electron chi connectivity index (χ2n) is 2.83. The molecule has 0 aliphatic heterocycles. The fourth-order valence-corrected chi connectivity index (χ4v) is 1.13. The minimum Gasteiger partial charge on any atom is -0.368 e. The van der Waals surface area contributed by atoms with Crippen molar-refractivity contribution in [1.29, 1.82) is 0 Å². The maximum atomic E-state index is 10.8. The highest BCUT2D eigenvalue weighted by Gasteiger charge is 2.11. The van der Waals surface area contributed by atoms with Gasteiger partial charge in [-0.25, -0.2) is 4.98 Å². The van der Waals surface area contributed by atoms with Crippen molar-refractivity contribution in [3.05, 3.63) is 18.7 Å². The summed E-state index contributed by atoms with van der Waals surface area (Å²) in [4.78, 5) is 14.7. The van der Waals surface area contributed by atoms with Crippen LogP contribution < -0.4 is 11.1 Å². The number of hydrogen-bond acceptors (Lipinski definition) is 3. The van der Waals surface area contributed by atoms with Gasteiger partial charge in [-0.05, 0) is 13.5 Å². The first kappa shape index (κ1) is 9.73. The monoisotopic (exact) mass is 182 g/mol. The van der Waals surface area contributed by atoms with E-state index in [-0.39, 0.29) is 11.9 Å². The Hall–Kier alpha value is -1.36. The third kappa shape index (κ3) is 2.87. The average molecular weight is 182 g/mol. The summed E-state index contributed by atoms with van der Waals surface area (Å²) in [5, 5.41) is 2.86. The summed E-state index contributed by atoms with van der Waals surface area (Å²) in [6, 6.07) is -0.262. The van der Waals surface area contributed by atoms with Crippen LogP contribution in [0, 0.1) is 0 Å². The van der Waals surface area contributed by atoms with Crippen molar-refractivity contribution >= 4 is 5.91 Å². The molecule has 0 fully saturated rings. The molecule has 0 aromatic carbocycles. The molecule has 0 radical (unpaired) electrons. The summed E-state index contributed by atoms with van der Waals surface area (Å²) in [5.41, 5.74) is 5.16.